The molecule has 8 heteroatoms. The fourth-order valence-electron chi connectivity index (χ4n) is 2.28. The van der Waals surface area contributed by atoms with E-state index in [1.165, 1.54) is 14.2 Å². The van der Waals surface area contributed by atoms with Gasteiger partial charge in [0.15, 0.2) is 0 Å². The number of hydrogen-bond acceptors (Lipinski definition) is 7. The van der Waals surface area contributed by atoms with Crippen LogP contribution in [0.2, 0.25) is 0 Å². The van der Waals surface area contributed by atoms with E-state index in [2.05, 4.69) is 5.32 Å². The molecule has 2 rings (SSSR count). The molecule has 1 aromatic carbocycles. The van der Waals surface area contributed by atoms with E-state index in [-0.39, 0.29) is 22.0 Å². The van der Waals surface area contributed by atoms with Gasteiger partial charge in [-0.15, -0.1) is 11.3 Å². The molecular weight excluding hydrogens is 358 g/mol. The fourth-order valence-corrected chi connectivity index (χ4v) is 3.39. The van der Waals surface area contributed by atoms with Crippen molar-refractivity contribution in [1.29, 1.82) is 0 Å². The largest absolute Gasteiger partial charge is 0.497 e. The SMILES string of the molecule is CCOC(=O)c1c(NC(=O)c2cccc(OC)c2)sc(C(=O)OC)c1C. The van der Waals surface area contributed by atoms with Gasteiger partial charge in [0.1, 0.15) is 15.6 Å². The molecule has 1 aromatic heterocycles. The Kier molecular flexibility index (Phi) is 6.35. The van der Waals surface area contributed by atoms with Crippen LogP contribution in [-0.4, -0.2) is 38.7 Å². The number of ether oxygens (including phenoxy) is 3. The Morgan fingerprint density at radius 2 is 1.88 bits per heavy atom. The Labute approximate surface area is 154 Å². The quantitative estimate of drug-likeness (QED) is 0.777. The van der Waals surface area contributed by atoms with Gasteiger partial charge >= 0.3 is 11.9 Å². The molecule has 0 aliphatic carbocycles. The fraction of sp³-hybridized carbons (Fsp3) is 0.278. The molecule has 0 saturated heterocycles. The summed E-state index contributed by atoms with van der Waals surface area (Å²) in [5.74, 6) is -1.11. The summed E-state index contributed by atoms with van der Waals surface area (Å²) in [6.45, 7) is 3.45. The molecule has 0 fully saturated rings. The van der Waals surface area contributed by atoms with Gasteiger partial charge in [0.05, 0.1) is 26.4 Å². The van der Waals surface area contributed by atoms with Crippen molar-refractivity contribution in [2.45, 2.75) is 13.8 Å². The number of carbonyl (C=O) groups excluding carboxylic acids is 3. The van der Waals surface area contributed by atoms with Gasteiger partial charge in [0.25, 0.3) is 5.91 Å². The maximum Gasteiger partial charge on any atom is 0.348 e. The Hall–Kier alpha value is -2.87. The lowest BCUT2D eigenvalue weighted by atomic mass is 10.1. The minimum atomic E-state index is -0.614. The molecule has 0 aliphatic rings. The number of esters is 2. The van der Waals surface area contributed by atoms with Gasteiger partial charge in [-0.1, -0.05) is 6.07 Å². The number of hydrogen-bond donors (Lipinski definition) is 1. The summed E-state index contributed by atoms with van der Waals surface area (Å²) < 4.78 is 14.9. The minimum Gasteiger partial charge on any atom is -0.497 e. The van der Waals surface area contributed by atoms with Crippen LogP contribution >= 0.6 is 11.3 Å². The summed E-state index contributed by atoms with van der Waals surface area (Å²) in [5, 5.41) is 2.90. The lowest BCUT2D eigenvalue weighted by Crippen LogP contribution is -2.15. The second-order valence-corrected chi connectivity index (χ2v) is 6.18. The van der Waals surface area contributed by atoms with Crippen molar-refractivity contribution in [2.75, 3.05) is 26.1 Å². The normalized spacial score (nSPS) is 10.2. The third kappa shape index (κ3) is 4.02. The van der Waals surface area contributed by atoms with Gasteiger partial charge < -0.3 is 19.5 Å². The van der Waals surface area contributed by atoms with Crippen molar-refractivity contribution in [3.8, 4) is 5.75 Å². The number of carbonyl (C=O) groups is 3. The Morgan fingerprint density at radius 1 is 1.15 bits per heavy atom. The van der Waals surface area contributed by atoms with Crippen LogP contribution in [0, 0.1) is 6.92 Å². The smallest absolute Gasteiger partial charge is 0.348 e. The van der Waals surface area contributed by atoms with Crippen LogP contribution < -0.4 is 10.1 Å². The zero-order valence-electron chi connectivity index (χ0n) is 14.9. The molecule has 7 nitrogen and oxygen atoms in total. The lowest BCUT2D eigenvalue weighted by molar-refractivity contribution is 0.0527. The number of thiophene rings is 1. The third-order valence-electron chi connectivity index (χ3n) is 3.56. The van der Waals surface area contributed by atoms with E-state index in [0.29, 0.717) is 16.9 Å². The predicted octanol–water partition coefficient (Wildman–Crippen LogP) is 3.28. The average Bonchev–Trinajstić information content (AvgIpc) is 2.97. The van der Waals surface area contributed by atoms with Crippen LogP contribution in [0.5, 0.6) is 5.75 Å². The molecule has 0 bridgehead atoms. The van der Waals surface area contributed by atoms with Crippen molar-refractivity contribution in [2.24, 2.45) is 0 Å². The molecule has 0 unspecified atom stereocenters. The van der Waals surface area contributed by atoms with E-state index in [1.54, 1.807) is 38.1 Å². The average molecular weight is 377 g/mol. The summed E-state index contributed by atoms with van der Waals surface area (Å²) in [6.07, 6.45) is 0. The molecular formula is C18H19NO6S. The van der Waals surface area contributed by atoms with Gasteiger partial charge in [-0.3, -0.25) is 4.79 Å². The van der Waals surface area contributed by atoms with E-state index >= 15 is 0 Å². The van der Waals surface area contributed by atoms with Gasteiger partial charge in [-0.05, 0) is 37.6 Å². The number of amides is 1. The summed E-state index contributed by atoms with van der Waals surface area (Å²) in [4.78, 5) is 37.0. The number of rotatable bonds is 6. The maximum atomic E-state index is 12.5. The number of benzene rings is 1. The number of methoxy groups -OCH3 is 2. The molecule has 1 amide bonds. The van der Waals surface area contributed by atoms with Crippen LogP contribution in [0.25, 0.3) is 0 Å². The molecule has 26 heavy (non-hydrogen) atoms. The first-order valence-electron chi connectivity index (χ1n) is 7.77. The first kappa shape index (κ1) is 19.5. The molecule has 0 atom stereocenters. The molecule has 1 N–H and O–H groups in total. The predicted molar refractivity (Wildman–Crippen MR) is 97.3 cm³/mol. The minimum absolute atomic E-state index is 0.147. The van der Waals surface area contributed by atoms with E-state index in [9.17, 15) is 14.4 Å². The summed E-state index contributed by atoms with van der Waals surface area (Å²) in [7, 11) is 2.75. The van der Waals surface area contributed by atoms with E-state index < -0.39 is 17.8 Å². The van der Waals surface area contributed by atoms with Crippen molar-refractivity contribution in [3.05, 3.63) is 45.8 Å². The highest BCUT2D eigenvalue weighted by Gasteiger charge is 2.27. The second-order valence-electron chi connectivity index (χ2n) is 5.16. The first-order valence-corrected chi connectivity index (χ1v) is 8.58. The maximum absolute atomic E-state index is 12.5. The summed E-state index contributed by atoms with van der Waals surface area (Å²) in [5.41, 5.74) is 0.902. The van der Waals surface area contributed by atoms with Crippen molar-refractivity contribution < 1.29 is 28.6 Å². The summed E-state index contributed by atoms with van der Waals surface area (Å²) in [6, 6.07) is 6.58. The van der Waals surface area contributed by atoms with E-state index in [0.717, 1.165) is 11.3 Å². The molecule has 0 saturated carbocycles. The van der Waals surface area contributed by atoms with Gasteiger partial charge in [-0.25, -0.2) is 9.59 Å². The number of nitrogens with one attached hydrogen (secondary N) is 1. The van der Waals surface area contributed by atoms with Crippen LogP contribution in [0.15, 0.2) is 24.3 Å². The Balaban J connectivity index is 2.41. The Morgan fingerprint density at radius 3 is 2.50 bits per heavy atom. The highest BCUT2D eigenvalue weighted by Crippen LogP contribution is 2.34. The standard InChI is InChI=1S/C18H19NO6S/c1-5-25-17(21)13-10(2)14(18(22)24-4)26-16(13)19-15(20)11-7-6-8-12(9-11)23-3/h6-9H,5H2,1-4H3,(H,19,20). The van der Waals surface area contributed by atoms with Crippen LogP contribution in [-0.2, 0) is 9.47 Å². The van der Waals surface area contributed by atoms with Crippen molar-refractivity contribution in [1.82, 2.24) is 0 Å². The molecule has 0 spiro atoms. The van der Waals surface area contributed by atoms with Crippen molar-refractivity contribution in [3.63, 3.8) is 0 Å². The van der Waals surface area contributed by atoms with Crippen LogP contribution in [0.3, 0.4) is 0 Å². The molecule has 0 radical (unpaired) electrons. The van der Waals surface area contributed by atoms with Gasteiger partial charge in [0.2, 0.25) is 0 Å². The van der Waals surface area contributed by atoms with Gasteiger partial charge in [0, 0.05) is 5.56 Å². The van der Waals surface area contributed by atoms with Crippen molar-refractivity contribution >= 4 is 34.2 Å². The molecule has 138 valence electrons. The van der Waals surface area contributed by atoms with Crippen LogP contribution in [0.4, 0.5) is 5.00 Å². The zero-order valence-corrected chi connectivity index (χ0v) is 15.7. The lowest BCUT2D eigenvalue weighted by Gasteiger charge is -2.08. The van der Waals surface area contributed by atoms with Crippen LogP contribution in [0.1, 0.15) is 42.9 Å². The van der Waals surface area contributed by atoms with E-state index in [4.69, 9.17) is 14.2 Å². The Bertz CT molecular complexity index is 842. The van der Waals surface area contributed by atoms with E-state index in [1.807, 2.05) is 0 Å². The van der Waals surface area contributed by atoms with Gasteiger partial charge in [-0.2, -0.15) is 0 Å². The highest BCUT2D eigenvalue weighted by atomic mass is 32.1. The third-order valence-corrected chi connectivity index (χ3v) is 4.74. The summed E-state index contributed by atoms with van der Waals surface area (Å²) >= 11 is 0.967. The second kappa shape index (κ2) is 8.48. The molecule has 1 heterocycles. The zero-order chi connectivity index (χ0) is 19.3. The monoisotopic (exact) mass is 377 g/mol. The molecule has 0 aliphatic heterocycles. The number of anilines is 1. The highest BCUT2D eigenvalue weighted by molar-refractivity contribution is 7.18. The molecule has 2 aromatic rings. The topological polar surface area (TPSA) is 90.9 Å². The first-order chi connectivity index (χ1) is 12.4.